The van der Waals surface area contributed by atoms with Crippen LogP contribution in [0.4, 0.5) is 10.1 Å². The minimum Gasteiger partial charge on any atom is -0.354 e. The van der Waals surface area contributed by atoms with E-state index in [4.69, 9.17) is 23.2 Å². The third-order valence-electron chi connectivity index (χ3n) is 6.40. The third-order valence-corrected chi connectivity index (χ3v) is 8.73. The van der Waals surface area contributed by atoms with Crippen molar-refractivity contribution in [3.8, 4) is 0 Å². The van der Waals surface area contributed by atoms with E-state index in [0.29, 0.717) is 12.1 Å². The summed E-state index contributed by atoms with van der Waals surface area (Å²) in [6, 6.07) is 15.2. The number of benzene rings is 3. The number of anilines is 1. The van der Waals surface area contributed by atoms with Crippen LogP contribution in [0, 0.1) is 18.7 Å². The Kier molecular flexibility index (Phi) is 11.2. The second kappa shape index (κ2) is 14.2. The molecule has 0 aliphatic heterocycles. The van der Waals surface area contributed by atoms with Crippen LogP contribution in [0.3, 0.4) is 0 Å². The number of halogens is 3. The monoisotopic (exact) mass is 621 g/mol. The first-order valence-electron chi connectivity index (χ1n) is 13.2. The van der Waals surface area contributed by atoms with Crippen molar-refractivity contribution in [1.29, 1.82) is 0 Å². The molecule has 220 valence electrons. The average Bonchev–Trinajstić information content (AvgIpc) is 2.93. The highest BCUT2D eigenvalue weighted by atomic mass is 35.5. The molecule has 0 fully saturated rings. The van der Waals surface area contributed by atoms with Gasteiger partial charge in [-0.05, 0) is 67.3 Å². The van der Waals surface area contributed by atoms with Crippen molar-refractivity contribution in [2.45, 2.75) is 51.6 Å². The lowest BCUT2D eigenvalue weighted by Gasteiger charge is -2.33. The standard InChI is InChI=1S/C30H34Cl2FN3O4S/c1-5-27(30(38)34-17-20(2)3)35(18-22-8-11-24(33)12-9-22)29(37)19-36(28-16-23(31)10-15-26(28)32)41(39,40)25-13-6-21(4)7-14-25/h6-16,20,27H,5,17-19H2,1-4H3,(H,34,38)/t27-/m1/s1. The van der Waals surface area contributed by atoms with Gasteiger partial charge in [0.15, 0.2) is 0 Å². The van der Waals surface area contributed by atoms with E-state index in [0.717, 1.165) is 9.87 Å². The molecule has 0 aromatic heterocycles. The van der Waals surface area contributed by atoms with Crippen LogP contribution in [0.2, 0.25) is 10.0 Å². The minimum atomic E-state index is -4.30. The SMILES string of the molecule is CC[C@H](C(=O)NCC(C)C)N(Cc1ccc(F)cc1)C(=O)CN(c1cc(Cl)ccc1Cl)S(=O)(=O)c1ccc(C)cc1. The quantitative estimate of drug-likeness (QED) is 0.260. The highest BCUT2D eigenvalue weighted by Crippen LogP contribution is 2.33. The predicted molar refractivity (Wildman–Crippen MR) is 161 cm³/mol. The summed E-state index contributed by atoms with van der Waals surface area (Å²) in [4.78, 5) is 28.6. The fraction of sp³-hybridized carbons (Fsp3) is 0.333. The molecular formula is C30H34Cl2FN3O4S. The Hall–Kier alpha value is -3.14. The van der Waals surface area contributed by atoms with Gasteiger partial charge in [-0.25, -0.2) is 12.8 Å². The lowest BCUT2D eigenvalue weighted by Crippen LogP contribution is -2.52. The predicted octanol–water partition coefficient (Wildman–Crippen LogP) is 6.22. The van der Waals surface area contributed by atoms with Crippen LogP contribution < -0.4 is 9.62 Å². The van der Waals surface area contributed by atoms with Crippen LogP contribution in [0.1, 0.15) is 38.3 Å². The number of nitrogens with zero attached hydrogens (tertiary/aromatic N) is 2. The van der Waals surface area contributed by atoms with Gasteiger partial charge in [0, 0.05) is 18.1 Å². The Morgan fingerprint density at radius 2 is 1.61 bits per heavy atom. The van der Waals surface area contributed by atoms with Crippen molar-refractivity contribution in [3.05, 3.63) is 93.7 Å². The largest absolute Gasteiger partial charge is 0.354 e. The fourth-order valence-corrected chi connectivity index (χ4v) is 6.02. The summed E-state index contributed by atoms with van der Waals surface area (Å²) in [5.41, 5.74) is 1.45. The van der Waals surface area contributed by atoms with Gasteiger partial charge < -0.3 is 10.2 Å². The summed E-state index contributed by atoms with van der Waals surface area (Å²) in [5, 5.41) is 3.16. The second-order valence-corrected chi connectivity index (χ2v) is 12.8. The van der Waals surface area contributed by atoms with E-state index in [1.807, 2.05) is 20.8 Å². The zero-order valence-corrected chi connectivity index (χ0v) is 25.7. The van der Waals surface area contributed by atoms with Crippen molar-refractivity contribution in [2.75, 3.05) is 17.4 Å². The van der Waals surface area contributed by atoms with Crippen LogP contribution in [-0.4, -0.2) is 44.3 Å². The van der Waals surface area contributed by atoms with Crippen LogP contribution in [0.25, 0.3) is 0 Å². The number of hydrogen-bond acceptors (Lipinski definition) is 4. The van der Waals surface area contributed by atoms with Crippen LogP contribution in [-0.2, 0) is 26.2 Å². The van der Waals surface area contributed by atoms with Gasteiger partial charge in [-0.1, -0.05) is 73.8 Å². The Bertz CT molecular complexity index is 1470. The molecule has 2 amide bonds. The van der Waals surface area contributed by atoms with E-state index < -0.39 is 34.3 Å². The molecule has 3 rings (SSSR count). The molecule has 0 heterocycles. The van der Waals surface area contributed by atoms with Gasteiger partial charge in [-0.2, -0.15) is 0 Å². The molecule has 41 heavy (non-hydrogen) atoms. The maximum absolute atomic E-state index is 14.1. The van der Waals surface area contributed by atoms with Gasteiger partial charge in [-0.15, -0.1) is 0 Å². The summed E-state index contributed by atoms with van der Waals surface area (Å²) in [5.74, 6) is -1.28. The topological polar surface area (TPSA) is 86.8 Å². The van der Waals surface area contributed by atoms with E-state index in [1.165, 1.54) is 59.5 Å². The normalized spacial score (nSPS) is 12.2. The van der Waals surface area contributed by atoms with Gasteiger partial charge in [0.05, 0.1) is 15.6 Å². The second-order valence-electron chi connectivity index (χ2n) is 10.1. The summed E-state index contributed by atoms with van der Waals surface area (Å²) < 4.78 is 42.4. The van der Waals surface area contributed by atoms with Crippen molar-refractivity contribution < 1.29 is 22.4 Å². The van der Waals surface area contributed by atoms with E-state index in [1.54, 1.807) is 19.1 Å². The molecule has 0 spiro atoms. The summed E-state index contributed by atoms with van der Waals surface area (Å²) >= 11 is 12.7. The Morgan fingerprint density at radius 3 is 2.20 bits per heavy atom. The molecule has 1 N–H and O–H groups in total. The highest BCUT2D eigenvalue weighted by molar-refractivity contribution is 7.92. The summed E-state index contributed by atoms with van der Waals surface area (Å²) in [7, 11) is -4.30. The van der Waals surface area contributed by atoms with Gasteiger partial charge in [0.2, 0.25) is 11.8 Å². The maximum Gasteiger partial charge on any atom is 0.264 e. The molecule has 0 radical (unpaired) electrons. The number of aryl methyl sites for hydroxylation is 1. The first kappa shape index (κ1) is 32.4. The zero-order chi connectivity index (χ0) is 30.3. The van der Waals surface area contributed by atoms with Crippen molar-refractivity contribution >= 4 is 50.7 Å². The fourth-order valence-electron chi connectivity index (χ4n) is 4.16. The van der Waals surface area contributed by atoms with Crippen LogP contribution >= 0.6 is 23.2 Å². The first-order valence-corrected chi connectivity index (χ1v) is 15.4. The van der Waals surface area contributed by atoms with Gasteiger partial charge in [-0.3, -0.25) is 13.9 Å². The molecule has 1 atom stereocenters. The van der Waals surface area contributed by atoms with Gasteiger partial charge in [0.1, 0.15) is 18.4 Å². The van der Waals surface area contributed by atoms with E-state index >= 15 is 0 Å². The average molecular weight is 623 g/mol. The number of nitrogens with one attached hydrogen (secondary N) is 1. The molecule has 0 aliphatic carbocycles. The van der Waals surface area contributed by atoms with E-state index in [9.17, 15) is 22.4 Å². The number of rotatable bonds is 12. The molecule has 0 aliphatic rings. The van der Waals surface area contributed by atoms with Crippen molar-refractivity contribution in [2.24, 2.45) is 5.92 Å². The number of carbonyl (C=O) groups is 2. The van der Waals surface area contributed by atoms with Crippen LogP contribution in [0.5, 0.6) is 0 Å². The molecule has 0 saturated heterocycles. The Balaban J connectivity index is 2.08. The number of carbonyl (C=O) groups excluding carboxylic acids is 2. The lowest BCUT2D eigenvalue weighted by atomic mass is 10.1. The third kappa shape index (κ3) is 8.44. The van der Waals surface area contributed by atoms with Crippen molar-refractivity contribution in [1.82, 2.24) is 10.2 Å². The summed E-state index contributed by atoms with van der Waals surface area (Å²) in [6.07, 6.45) is 0.263. The van der Waals surface area contributed by atoms with E-state index in [-0.39, 0.29) is 45.4 Å². The van der Waals surface area contributed by atoms with Gasteiger partial charge in [0.25, 0.3) is 10.0 Å². The molecule has 7 nitrogen and oxygen atoms in total. The van der Waals surface area contributed by atoms with E-state index in [2.05, 4.69) is 5.32 Å². The Morgan fingerprint density at radius 1 is 0.976 bits per heavy atom. The minimum absolute atomic E-state index is 0.0205. The highest BCUT2D eigenvalue weighted by Gasteiger charge is 2.34. The zero-order valence-electron chi connectivity index (χ0n) is 23.4. The molecule has 0 unspecified atom stereocenters. The molecule has 0 saturated carbocycles. The molecular weight excluding hydrogens is 588 g/mol. The van der Waals surface area contributed by atoms with Crippen molar-refractivity contribution in [3.63, 3.8) is 0 Å². The number of hydrogen-bond donors (Lipinski definition) is 1. The maximum atomic E-state index is 14.1. The molecule has 11 heteroatoms. The first-order chi connectivity index (χ1) is 19.3. The number of amides is 2. The Labute approximate surface area is 251 Å². The van der Waals surface area contributed by atoms with Crippen LogP contribution in [0.15, 0.2) is 71.6 Å². The lowest BCUT2D eigenvalue weighted by molar-refractivity contribution is -0.140. The summed E-state index contributed by atoms with van der Waals surface area (Å²) in [6.45, 7) is 7.18. The smallest absolute Gasteiger partial charge is 0.264 e. The molecule has 3 aromatic rings. The van der Waals surface area contributed by atoms with Gasteiger partial charge >= 0.3 is 0 Å². The molecule has 0 bridgehead atoms. The number of sulfonamides is 1. The molecule has 3 aromatic carbocycles.